The molecular weight excluding hydrogens is 362 g/mol. The predicted molar refractivity (Wildman–Crippen MR) is 83.4 cm³/mol. The maximum atomic E-state index is 13.4. The Morgan fingerprint density at radius 1 is 1.20 bits per heavy atom. The van der Waals surface area contributed by atoms with Crippen LogP contribution in [0.25, 0.3) is 0 Å². The number of nitro benzene ring substituents is 1. The molecule has 10 heteroatoms. The zero-order valence-electron chi connectivity index (χ0n) is 12.3. The SMILES string of the molecule is O=C(COC(=O)c1cc(Cl)ccc1[N+](=O)[O-])Nc1ccc(F)cc1F. The molecule has 2 aromatic carbocycles. The van der Waals surface area contributed by atoms with Crippen LogP contribution in [0.2, 0.25) is 5.02 Å². The molecule has 0 aromatic heterocycles. The number of nitro groups is 1. The van der Waals surface area contributed by atoms with Gasteiger partial charge in [-0.1, -0.05) is 11.6 Å². The quantitative estimate of drug-likeness (QED) is 0.494. The molecule has 0 radical (unpaired) electrons. The summed E-state index contributed by atoms with van der Waals surface area (Å²) in [6.07, 6.45) is 0. The van der Waals surface area contributed by atoms with Crippen molar-refractivity contribution in [1.82, 2.24) is 0 Å². The first-order chi connectivity index (χ1) is 11.8. The van der Waals surface area contributed by atoms with Crippen molar-refractivity contribution in [2.24, 2.45) is 0 Å². The van der Waals surface area contributed by atoms with Gasteiger partial charge in [-0.15, -0.1) is 0 Å². The second kappa shape index (κ2) is 7.67. The Morgan fingerprint density at radius 2 is 1.92 bits per heavy atom. The van der Waals surface area contributed by atoms with Crippen molar-refractivity contribution in [3.63, 3.8) is 0 Å². The van der Waals surface area contributed by atoms with Gasteiger partial charge in [-0.05, 0) is 24.3 Å². The number of ether oxygens (including phenoxy) is 1. The normalized spacial score (nSPS) is 10.2. The van der Waals surface area contributed by atoms with E-state index >= 15 is 0 Å². The summed E-state index contributed by atoms with van der Waals surface area (Å²) in [5, 5.41) is 13.0. The molecular formula is C15H9ClF2N2O5. The van der Waals surface area contributed by atoms with Crippen molar-refractivity contribution in [2.45, 2.75) is 0 Å². The Balaban J connectivity index is 2.03. The molecule has 130 valence electrons. The van der Waals surface area contributed by atoms with E-state index in [2.05, 4.69) is 10.1 Å². The molecule has 0 unspecified atom stereocenters. The summed E-state index contributed by atoms with van der Waals surface area (Å²) in [7, 11) is 0. The summed E-state index contributed by atoms with van der Waals surface area (Å²) < 4.78 is 30.8. The zero-order valence-corrected chi connectivity index (χ0v) is 13.0. The van der Waals surface area contributed by atoms with Gasteiger partial charge < -0.3 is 10.1 Å². The Hall–Kier alpha value is -3.07. The lowest BCUT2D eigenvalue weighted by Crippen LogP contribution is -2.21. The molecule has 0 fully saturated rings. The Kier molecular flexibility index (Phi) is 5.60. The number of hydrogen-bond acceptors (Lipinski definition) is 5. The molecule has 25 heavy (non-hydrogen) atoms. The molecule has 0 saturated heterocycles. The van der Waals surface area contributed by atoms with Gasteiger partial charge >= 0.3 is 5.97 Å². The van der Waals surface area contributed by atoms with E-state index in [9.17, 15) is 28.5 Å². The average Bonchev–Trinajstić information content (AvgIpc) is 2.54. The first kappa shape index (κ1) is 18.3. The van der Waals surface area contributed by atoms with Crippen LogP contribution in [-0.4, -0.2) is 23.4 Å². The highest BCUT2D eigenvalue weighted by Gasteiger charge is 2.22. The van der Waals surface area contributed by atoms with Crippen LogP contribution in [0.3, 0.4) is 0 Å². The third-order valence-electron chi connectivity index (χ3n) is 2.91. The Morgan fingerprint density at radius 3 is 2.56 bits per heavy atom. The minimum atomic E-state index is -1.15. The largest absolute Gasteiger partial charge is 0.452 e. The molecule has 0 spiro atoms. The van der Waals surface area contributed by atoms with E-state index in [1.807, 2.05) is 0 Å². The van der Waals surface area contributed by atoms with E-state index in [0.29, 0.717) is 6.07 Å². The highest BCUT2D eigenvalue weighted by molar-refractivity contribution is 6.31. The minimum Gasteiger partial charge on any atom is -0.452 e. The number of carbonyl (C=O) groups excluding carboxylic acids is 2. The lowest BCUT2D eigenvalue weighted by atomic mass is 10.2. The minimum absolute atomic E-state index is 0.0652. The third-order valence-corrected chi connectivity index (χ3v) is 3.15. The second-order valence-electron chi connectivity index (χ2n) is 4.67. The number of carbonyl (C=O) groups is 2. The van der Waals surface area contributed by atoms with Crippen LogP contribution in [0.4, 0.5) is 20.2 Å². The lowest BCUT2D eigenvalue weighted by Gasteiger charge is -2.08. The summed E-state index contributed by atoms with van der Waals surface area (Å²) in [6.45, 7) is -0.834. The lowest BCUT2D eigenvalue weighted by molar-refractivity contribution is -0.385. The van der Waals surface area contributed by atoms with Gasteiger partial charge in [0.1, 0.15) is 17.2 Å². The van der Waals surface area contributed by atoms with Gasteiger partial charge in [0.2, 0.25) is 0 Å². The van der Waals surface area contributed by atoms with E-state index < -0.39 is 46.3 Å². The molecule has 0 aliphatic carbocycles. The summed E-state index contributed by atoms with van der Waals surface area (Å²) in [5.74, 6) is -3.90. The van der Waals surface area contributed by atoms with E-state index in [1.165, 1.54) is 6.07 Å². The molecule has 0 aliphatic heterocycles. The number of nitrogens with one attached hydrogen (secondary N) is 1. The standard InChI is InChI=1S/C15H9ClF2N2O5/c16-8-1-4-13(20(23)24)10(5-8)15(22)25-7-14(21)19-12-3-2-9(17)6-11(12)18/h1-6H,7H2,(H,19,21). The highest BCUT2D eigenvalue weighted by Crippen LogP contribution is 2.23. The fourth-order valence-electron chi connectivity index (χ4n) is 1.82. The van der Waals surface area contributed by atoms with Crippen molar-refractivity contribution >= 4 is 34.9 Å². The number of amides is 1. The summed E-state index contributed by atoms with van der Waals surface area (Å²) in [6, 6.07) is 5.76. The van der Waals surface area contributed by atoms with Crippen molar-refractivity contribution in [1.29, 1.82) is 0 Å². The smallest absolute Gasteiger partial charge is 0.345 e. The van der Waals surface area contributed by atoms with Crippen molar-refractivity contribution in [2.75, 3.05) is 11.9 Å². The molecule has 1 amide bonds. The van der Waals surface area contributed by atoms with Crippen molar-refractivity contribution < 1.29 is 28.0 Å². The molecule has 0 bridgehead atoms. The average molecular weight is 371 g/mol. The maximum absolute atomic E-state index is 13.4. The predicted octanol–water partition coefficient (Wildman–Crippen LogP) is 3.32. The topological polar surface area (TPSA) is 98.5 Å². The maximum Gasteiger partial charge on any atom is 0.345 e. The van der Waals surface area contributed by atoms with Crippen LogP contribution in [0, 0.1) is 21.7 Å². The molecule has 2 aromatic rings. The van der Waals surface area contributed by atoms with E-state index in [0.717, 1.165) is 24.3 Å². The number of nitrogens with zero attached hydrogens (tertiary/aromatic N) is 1. The van der Waals surface area contributed by atoms with E-state index in [-0.39, 0.29) is 10.7 Å². The number of benzene rings is 2. The Bertz CT molecular complexity index is 860. The van der Waals surface area contributed by atoms with Gasteiger partial charge in [0.05, 0.1) is 10.6 Å². The first-order valence-corrected chi connectivity index (χ1v) is 7.01. The molecule has 1 N–H and O–H groups in total. The molecule has 2 rings (SSSR count). The van der Waals surface area contributed by atoms with Gasteiger partial charge in [-0.25, -0.2) is 13.6 Å². The van der Waals surface area contributed by atoms with Gasteiger partial charge in [-0.3, -0.25) is 14.9 Å². The van der Waals surface area contributed by atoms with Crippen molar-refractivity contribution in [3.8, 4) is 0 Å². The van der Waals surface area contributed by atoms with Crippen LogP contribution in [0.1, 0.15) is 10.4 Å². The van der Waals surface area contributed by atoms with Gasteiger partial charge in [-0.2, -0.15) is 0 Å². The number of rotatable bonds is 5. The first-order valence-electron chi connectivity index (χ1n) is 6.64. The Labute approximate surface area is 144 Å². The van der Waals surface area contributed by atoms with Crippen LogP contribution >= 0.6 is 11.6 Å². The fourth-order valence-corrected chi connectivity index (χ4v) is 1.99. The number of halogens is 3. The zero-order chi connectivity index (χ0) is 18.6. The molecule has 0 atom stereocenters. The molecule has 0 heterocycles. The molecule has 0 aliphatic rings. The van der Waals surface area contributed by atoms with Crippen LogP contribution in [0.15, 0.2) is 36.4 Å². The van der Waals surface area contributed by atoms with Crippen molar-refractivity contribution in [3.05, 3.63) is 68.7 Å². The summed E-state index contributed by atoms with van der Waals surface area (Å²) in [4.78, 5) is 33.6. The number of hydrogen-bond donors (Lipinski definition) is 1. The fraction of sp³-hybridized carbons (Fsp3) is 0.0667. The molecule has 7 nitrogen and oxygen atoms in total. The molecule has 0 saturated carbocycles. The van der Waals surface area contributed by atoms with Gasteiger partial charge in [0.15, 0.2) is 6.61 Å². The van der Waals surface area contributed by atoms with E-state index in [4.69, 9.17) is 11.6 Å². The van der Waals surface area contributed by atoms with Crippen LogP contribution < -0.4 is 5.32 Å². The highest BCUT2D eigenvalue weighted by atomic mass is 35.5. The number of esters is 1. The third kappa shape index (κ3) is 4.70. The number of anilines is 1. The summed E-state index contributed by atoms with van der Waals surface area (Å²) in [5.41, 5.74) is -1.28. The summed E-state index contributed by atoms with van der Waals surface area (Å²) >= 11 is 5.68. The monoisotopic (exact) mass is 370 g/mol. The van der Waals surface area contributed by atoms with Gasteiger partial charge in [0.25, 0.3) is 11.6 Å². The van der Waals surface area contributed by atoms with Crippen LogP contribution in [0.5, 0.6) is 0 Å². The second-order valence-corrected chi connectivity index (χ2v) is 5.10. The van der Waals surface area contributed by atoms with Crippen LogP contribution in [-0.2, 0) is 9.53 Å². The van der Waals surface area contributed by atoms with Gasteiger partial charge in [0, 0.05) is 17.2 Å². The van der Waals surface area contributed by atoms with E-state index in [1.54, 1.807) is 0 Å².